The predicted octanol–water partition coefficient (Wildman–Crippen LogP) is 25.4. The number of benzene rings is 16. The zero-order valence-corrected chi connectivity index (χ0v) is 63.5. The molecule has 0 atom stereocenters. The molecule has 0 bridgehead atoms. The van der Waals surface area contributed by atoms with Gasteiger partial charge < -0.3 is 43.3 Å². The van der Waals surface area contributed by atoms with Gasteiger partial charge in [0.25, 0.3) is 0 Å². The van der Waals surface area contributed by atoms with Gasteiger partial charge in [-0.1, -0.05) is 294 Å². The molecule has 1 N–H and O–H groups in total. The van der Waals surface area contributed by atoms with Gasteiger partial charge in [0.15, 0.2) is 0 Å². The van der Waals surface area contributed by atoms with Gasteiger partial charge >= 0.3 is 0 Å². The van der Waals surface area contributed by atoms with E-state index in [-0.39, 0.29) is 34.8 Å². The highest BCUT2D eigenvalue weighted by molar-refractivity contribution is 6.30. The first kappa shape index (κ1) is 68.8. The largest absolute Gasteiger partial charge is 1.00 e. The second-order valence-corrected chi connectivity index (χ2v) is 29.5. The molecule has 0 unspecified atom stereocenters. The van der Waals surface area contributed by atoms with Crippen molar-refractivity contribution in [2.24, 2.45) is 0 Å². The zero-order chi connectivity index (χ0) is 72.2. The highest BCUT2D eigenvalue weighted by Gasteiger charge is 2.37. The summed E-state index contributed by atoms with van der Waals surface area (Å²) in [6, 6.07) is 139. The first-order chi connectivity index (χ1) is 52.5. The molecule has 18 aromatic rings. The van der Waals surface area contributed by atoms with Crippen molar-refractivity contribution in [3.05, 3.63) is 416 Å². The highest BCUT2D eigenvalue weighted by atomic mass is 127. The van der Waals surface area contributed by atoms with E-state index in [1.807, 2.05) is 18.2 Å². The second-order valence-electron chi connectivity index (χ2n) is 29.0. The normalized spacial score (nSPS) is 12.6. The van der Waals surface area contributed by atoms with Gasteiger partial charge in [0.2, 0.25) is 0 Å². The van der Waals surface area contributed by atoms with Crippen LogP contribution in [0.15, 0.2) is 388 Å². The highest BCUT2D eigenvalue weighted by Crippen LogP contribution is 2.52. The Morgan fingerprint density at radius 2 is 0.574 bits per heavy atom. The predicted molar refractivity (Wildman–Crippen MR) is 454 cm³/mol. The Kier molecular flexibility index (Phi) is 18.4. The van der Waals surface area contributed by atoms with Crippen LogP contribution in [0, 0.1) is 0 Å². The summed E-state index contributed by atoms with van der Waals surface area (Å²) >= 11 is 6.04. The van der Waals surface area contributed by atoms with Crippen LogP contribution in [0.5, 0.6) is 0 Å². The standard InChI is InChI=1S/C51H38N2.C27H23N.C24H16ClN.HI/c1-51(2)47-19-11-9-17-43(47)44-31-30-42(34-48(44)51)52(40-26-21-36(22-27-40)35-13-5-3-6-14-35)41-28-23-37(24-29-41)38-25-32-50-46(33-38)45-18-10-12-20-49(45)53(50)39-15-7-4-8-16-39;1-27(2)25-11-7-6-10-23(25)24-17-16-22(18-26(24)27)28-21-14-12-20(13-15-21)19-8-4-3-5-9-19;25-19-13-10-17(11-14-19)18-12-15-24-22(16-18)21-8-4-5-9-23(21)26(24)20-6-2-1-3-7-20;/h3-34H,1-2H3;3-18,28H,1-2H3;1-16H;1H/p-1. The molecule has 0 amide bonds. The lowest BCUT2D eigenvalue weighted by Gasteiger charge is -2.28. The Balaban J connectivity index is 0.000000130. The van der Waals surface area contributed by atoms with Gasteiger partial charge in [0, 0.05) is 77.2 Å². The molecule has 2 aliphatic carbocycles. The van der Waals surface area contributed by atoms with Crippen LogP contribution in [-0.4, -0.2) is 9.13 Å². The number of nitrogens with zero attached hydrogens (tertiary/aromatic N) is 3. The van der Waals surface area contributed by atoms with E-state index < -0.39 is 0 Å². The number of halogens is 2. The van der Waals surface area contributed by atoms with Gasteiger partial charge in [0.1, 0.15) is 0 Å². The zero-order valence-electron chi connectivity index (χ0n) is 60.5. The van der Waals surface area contributed by atoms with Gasteiger partial charge in [0.05, 0.1) is 22.1 Å². The van der Waals surface area contributed by atoms with Gasteiger partial charge in [-0.3, -0.25) is 0 Å². The molecule has 0 spiro atoms. The van der Waals surface area contributed by atoms with Crippen molar-refractivity contribution in [3.8, 4) is 78.1 Å². The lowest BCUT2D eigenvalue weighted by atomic mass is 9.82. The minimum Gasteiger partial charge on any atom is -1.00 e. The summed E-state index contributed by atoms with van der Waals surface area (Å²) in [5.74, 6) is 0. The smallest absolute Gasteiger partial charge is 0.0541 e. The summed E-state index contributed by atoms with van der Waals surface area (Å²) in [4.78, 5) is 2.40. The van der Waals surface area contributed by atoms with Crippen molar-refractivity contribution >= 4 is 83.6 Å². The molecule has 2 aliphatic rings. The van der Waals surface area contributed by atoms with E-state index in [1.165, 1.54) is 144 Å². The van der Waals surface area contributed by atoms with Crippen LogP contribution >= 0.6 is 11.6 Å². The Labute approximate surface area is 654 Å². The average Bonchev–Trinajstić information content (AvgIpc) is 1.60. The molecule has 520 valence electrons. The lowest BCUT2D eigenvalue weighted by Crippen LogP contribution is -3.00. The molecule has 0 saturated heterocycles. The Morgan fingerprint density at radius 3 is 1.05 bits per heavy atom. The fourth-order valence-corrected chi connectivity index (χ4v) is 16.6. The van der Waals surface area contributed by atoms with E-state index in [2.05, 4.69) is 417 Å². The minimum absolute atomic E-state index is 0. The SMILES string of the molecule is CC1(C)c2ccccc2-c2ccc(N(c3ccc(-c4ccccc4)cc3)c3ccc(-c4ccc5c(c4)c4ccccc4n5-c4ccccc4)cc3)cc21.CC1(C)c2ccccc2-c2ccc(Nc3ccc(-c4ccccc4)cc3)cc21.Clc1ccc(-c2ccc3c(c2)c2ccccc2n3-c2ccccc2)cc1.[I-]. The van der Waals surface area contributed by atoms with Gasteiger partial charge in [-0.25, -0.2) is 0 Å². The fourth-order valence-electron chi connectivity index (χ4n) is 16.5. The van der Waals surface area contributed by atoms with Crippen molar-refractivity contribution in [2.75, 3.05) is 10.2 Å². The quantitative estimate of drug-likeness (QED) is 0.131. The molecule has 0 radical (unpaired) electrons. The molecular formula is C102H77ClIN4-. The third-order valence-electron chi connectivity index (χ3n) is 21.9. The fraction of sp³-hybridized carbons (Fsp3) is 0.0588. The average molecular weight is 1520 g/mol. The van der Waals surface area contributed by atoms with E-state index in [4.69, 9.17) is 11.6 Å². The number of para-hydroxylation sites is 4. The number of rotatable bonds is 11. The number of fused-ring (bicyclic) bond motifs is 12. The minimum atomic E-state index is -0.0864. The van der Waals surface area contributed by atoms with E-state index in [0.717, 1.165) is 33.5 Å². The van der Waals surface area contributed by atoms with E-state index in [0.29, 0.717) is 0 Å². The van der Waals surface area contributed by atoms with Crippen molar-refractivity contribution in [2.45, 2.75) is 38.5 Å². The summed E-state index contributed by atoms with van der Waals surface area (Å²) in [5.41, 5.74) is 33.4. The third-order valence-corrected chi connectivity index (χ3v) is 22.2. The van der Waals surface area contributed by atoms with Crippen molar-refractivity contribution in [1.29, 1.82) is 0 Å². The molecule has 2 aromatic heterocycles. The molecule has 0 fully saturated rings. The maximum Gasteiger partial charge on any atom is 0.0541 e. The lowest BCUT2D eigenvalue weighted by molar-refractivity contribution is -0.0000204. The van der Waals surface area contributed by atoms with Crippen LogP contribution in [0.1, 0.15) is 49.9 Å². The molecule has 0 aliphatic heterocycles. The van der Waals surface area contributed by atoms with Crippen molar-refractivity contribution in [3.63, 3.8) is 0 Å². The van der Waals surface area contributed by atoms with Crippen LogP contribution in [0.4, 0.5) is 28.4 Å². The third kappa shape index (κ3) is 12.7. The molecule has 16 aromatic carbocycles. The van der Waals surface area contributed by atoms with E-state index in [9.17, 15) is 0 Å². The molecule has 20 rings (SSSR count). The number of hydrogen-bond donors (Lipinski definition) is 1. The molecular weight excluding hydrogens is 1440 g/mol. The van der Waals surface area contributed by atoms with Crippen LogP contribution in [0.25, 0.3) is 122 Å². The molecule has 6 heteroatoms. The first-order valence-corrected chi connectivity index (χ1v) is 37.3. The van der Waals surface area contributed by atoms with Gasteiger partial charge in [-0.2, -0.15) is 0 Å². The van der Waals surface area contributed by atoms with Crippen LogP contribution in [0.3, 0.4) is 0 Å². The van der Waals surface area contributed by atoms with Crippen molar-refractivity contribution in [1.82, 2.24) is 9.13 Å². The van der Waals surface area contributed by atoms with Gasteiger partial charge in [-0.05, 0) is 222 Å². The Hall–Kier alpha value is -12.3. The van der Waals surface area contributed by atoms with E-state index >= 15 is 0 Å². The van der Waals surface area contributed by atoms with Crippen LogP contribution in [0.2, 0.25) is 5.02 Å². The molecule has 2 heterocycles. The summed E-state index contributed by atoms with van der Waals surface area (Å²) in [6.07, 6.45) is 0. The Bertz CT molecular complexity index is 6300. The molecule has 0 saturated carbocycles. The monoisotopic (exact) mass is 1520 g/mol. The number of nitrogens with one attached hydrogen (secondary N) is 1. The second kappa shape index (κ2) is 28.9. The Morgan fingerprint density at radius 1 is 0.250 bits per heavy atom. The molecule has 108 heavy (non-hydrogen) atoms. The van der Waals surface area contributed by atoms with Crippen LogP contribution in [-0.2, 0) is 10.8 Å². The number of anilines is 5. The maximum absolute atomic E-state index is 6.04. The topological polar surface area (TPSA) is 25.1 Å². The maximum atomic E-state index is 6.04. The summed E-state index contributed by atoms with van der Waals surface area (Å²) < 4.78 is 4.70. The number of aromatic nitrogens is 2. The van der Waals surface area contributed by atoms with Gasteiger partial charge in [-0.15, -0.1) is 0 Å². The van der Waals surface area contributed by atoms with Crippen molar-refractivity contribution < 1.29 is 24.0 Å². The summed E-state index contributed by atoms with van der Waals surface area (Å²) in [7, 11) is 0. The summed E-state index contributed by atoms with van der Waals surface area (Å²) in [6.45, 7) is 9.33. The first-order valence-electron chi connectivity index (χ1n) is 36.9. The van der Waals surface area contributed by atoms with Crippen LogP contribution < -0.4 is 34.2 Å². The molecule has 4 nitrogen and oxygen atoms in total. The number of hydrogen-bond acceptors (Lipinski definition) is 2. The summed E-state index contributed by atoms with van der Waals surface area (Å²) in [5, 5.41) is 9.38. The van der Waals surface area contributed by atoms with E-state index in [1.54, 1.807) is 0 Å².